The van der Waals surface area contributed by atoms with Gasteiger partial charge in [-0.2, -0.15) is 0 Å². The predicted octanol–water partition coefficient (Wildman–Crippen LogP) is 3.58. The molecule has 96 valence electrons. The fourth-order valence-electron chi connectivity index (χ4n) is 1.18. The van der Waals surface area contributed by atoms with E-state index in [9.17, 15) is 0 Å². The minimum Gasteiger partial charge on any atom is -0.414 e. The second-order valence-electron chi connectivity index (χ2n) is 6.05. The Morgan fingerprint density at radius 2 is 1.75 bits per heavy atom. The molecule has 0 heterocycles. The van der Waals surface area contributed by atoms with Crippen molar-refractivity contribution in [1.82, 2.24) is 0 Å². The molecule has 0 saturated heterocycles. The molecular formula is C13H28O2Si. The van der Waals surface area contributed by atoms with Crippen molar-refractivity contribution < 1.29 is 9.53 Å². The van der Waals surface area contributed by atoms with Crippen LogP contribution in [0.2, 0.25) is 18.1 Å². The van der Waals surface area contributed by atoms with Crippen molar-refractivity contribution in [3.63, 3.8) is 0 Å². The van der Waals surface area contributed by atoms with Crippen molar-refractivity contribution in [3.05, 3.63) is 12.2 Å². The van der Waals surface area contributed by atoms with E-state index in [2.05, 4.69) is 47.7 Å². The van der Waals surface area contributed by atoms with Crippen molar-refractivity contribution in [2.75, 3.05) is 6.61 Å². The van der Waals surface area contributed by atoms with Crippen LogP contribution in [-0.2, 0) is 4.43 Å². The molecule has 2 nitrogen and oxygen atoms in total. The fourth-order valence-corrected chi connectivity index (χ4v) is 2.68. The van der Waals surface area contributed by atoms with Crippen molar-refractivity contribution in [3.8, 4) is 0 Å². The van der Waals surface area contributed by atoms with Gasteiger partial charge >= 0.3 is 0 Å². The van der Waals surface area contributed by atoms with E-state index in [1.807, 2.05) is 6.08 Å². The molecule has 2 atom stereocenters. The van der Waals surface area contributed by atoms with E-state index in [0.717, 1.165) is 0 Å². The summed E-state index contributed by atoms with van der Waals surface area (Å²) in [6, 6.07) is 0. The zero-order chi connectivity index (χ0) is 13.0. The predicted molar refractivity (Wildman–Crippen MR) is 73.1 cm³/mol. The molecule has 0 unspecified atom stereocenters. The molecule has 0 aromatic rings. The van der Waals surface area contributed by atoms with Gasteiger partial charge in [-0.05, 0) is 31.0 Å². The quantitative estimate of drug-likeness (QED) is 0.591. The first-order chi connectivity index (χ1) is 7.12. The average molecular weight is 244 g/mol. The number of aliphatic hydroxyl groups is 1. The zero-order valence-electron chi connectivity index (χ0n) is 11.9. The lowest BCUT2D eigenvalue weighted by atomic mass is 10.1. The second-order valence-corrected chi connectivity index (χ2v) is 10.8. The molecule has 0 aliphatic rings. The van der Waals surface area contributed by atoms with Crippen LogP contribution in [0.15, 0.2) is 12.2 Å². The zero-order valence-corrected chi connectivity index (χ0v) is 12.9. The third-order valence-electron chi connectivity index (χ3n) is 3.57. The van der Waals surface area contributed by atoms with Gasteiger partial charge in [0.2, 0.25) is 0 Å². The van der Waals surface area contributed by atoms with E-state index in [1.165, 1.54) is 0 Å². The van der Waals surface area contributed by atoms with Crippen LogP contribution in [0.3, 0.4) is 0 Å². The molecule has 1 N–H and O–H groups in total. The van der Waals surface area contributed by atoms with Crippen LogP contribution in [-0.4, -0.2) is 26.1 Å². The molecule has 0 aromatic carbocycles. The van der Waals surface area contributed by atoms with E-state index in [-0.39, 0.29) is 17.7 Å². The van der Waals surface area contributed by atoms with Gasteiger partial charge in [0.05, 0.1) is 6.61 Å². The number of hydrogen-bond acceptors (Lipinski definition) is 2. The molecule has 0 bridgehead atoms. The minimum atomic E-state index is -1.67. The summed E-state index contributed by atoms with van der Waals surface area (Å²) < 4.78 is 6.27. The maximum atomic E-state index is 8.74. The van der Waals surface area contributed by atoms with Crippen LogP contribution in [0.5, 0.6) is 0 Å². The number of rotatable bonds is 5. The summed E-state index contributed by atoms with van der Waals surface area (Å²) in [7, 11) is -1.67. The topological polar surface area (TPSA) is 29.5 Å². The second kappa shape index (κ2) is 5.99. The van der Waals surface area contributed by atoms with E-state index in [0.29, 0.717) is 5.92 Å². The van der Waals surface area contributed by atoms with Crippen LogP contribution in [0.4, 0.5) is 0 Å². The summed E-state index contributed by atoms with van der Waals surface area (Å²) in [4.78, 5) is 0. The van der Waals surface area contributed by atoms with Gasteiger partial charge in [-0.1, -0.05) is 39.8 Å². The maximum Gasteiger partial charge on any atom is 0.192 e. The molecule has 0 fully saturated rings. The van der Waals surface area contributed by atoms with Crippen LogP contribution in [0.25, 0.3) is 0 Å². The molecule has 0 amide bonds. The molecule has 0 saturated carbocycles. The summed E-state index contributed by atoms with van der Waals surface area (Å²) in [6.07, 6.45) is 4.03. The SMILES string of the molecule is C[C@H](/C=C/CO)[C@@H](C)O[Si](C)(C)C(C)(C)C. The highest BCUT2D eigenvalue weighted by atomic mass is 28.4. The molecule has 0 aromatic heterocycles. The first-order valence-corrected chi connectivity index (χ1v) is 8.98. The Balaban J connectivity index is 4.44. The lowest BCUT2D eigenvalue weighted by Crippen LogP contribution is -2.44. The molecular weight excluding hydrogens is 216 g/mol. The molecule has 0 aliphatic carbocycles. The highest BCUT2D eigenvalue weighted by Crippen LogP contribution is 2.38. The van der Waals surface area contributed by atoms with Gasteiger partial charge in [0.1, 0.15) is 0 Å². The molecule has 3 heteroatoms. The normalized spacial score (nSPS) is 17.8. The van der Waals surface area contributed by atoms with Crippen molar-refractivity contribution in [2.24, 2.45) is 5.92 Å². The summed E-state index contributed by atoms with van der Waals surface area (Å²) in [5.41, 5.74) is 0. The molecule has 16 heavy (non-hydrogen) atoms. The fraction of sp³-hybridized carbons (Fsp3) is 0.846. The third kappa shape index (κ3) is 4.81. The Kier molecular flexibility index (Phi) is 5.94. The average Bonchev–Trinajstić information content (AvgIpc) is 2.11. The highest BCUT2D eigenvalue weighted by Gasteiger charge is 2.38. The van der Waals surface area contributed by atoms with E-state index in [4.69, 9.17) is 9.53 Å². The monoisotopic (exact) mass is 244 g/mol. The van der Waals surface area contributed by atoms with Gasteiger partial charge in [-0.25, -0.2) is 0 Å². The van der Waals surface area contributed by atoms with Gasteiger partial charge in [0.25, 0.3) is 0 Å². The van der Waals surface area contributed by atoms with Gasteiger partial charge in [-0.15, -0.1) is 0 Å². The number of hydrogen-bond donors (Lipinski definition) is 1. The van der Waals surface area contributed by atoms with E-state index >= 15 is 0 Å². The van der Waals surface area contributed by atoms with Crippen molar-refractivity contribution in [1.29, 1.82) is 0 Å². The highest BCUT2D eigenvalue weighted by molar-refractivity contribution is 6.74. The lowest BCUT2D eigenvalue weighted by molar-refractivity contribution is 0.163. The Morgan fingerprint density at radius 1 is 1.25 bits per heavy atom. The third-order valence-corrected chi connectivity index (χ3v) is 8.15. The van der Waals surface area contributed by atoms with Gasteiger partial charge in [0.15, 0.2) is 8.32 Å². The summed E-state index contributed by atoms with van der Waals surface area (Å²) in [6.45, 7) is 15.6. The molecule has 0 rings (SSSR count). The number of aliphatic hydroxyl groups excluding tert-OH is 1. The smallest absolute Gasteiger partial charge is 0.192 e. The van der Waals surface area contributed by atoms with E-state index < -0.39 is 8.32 Å². The van der Waals surface area contributed by atoms with E-state index in [1.54, 1.807) is 6.08 Å². The molecule has 0 aliphatic heterocycles. The van der Waals surface area contributed by atoms with Crippen LogP contribution >= 0.6 is 0 Å². The van der Waals surface area contributed by atoms with Crippen LogP contribution < -0.4 is 0 Å². The standard InChI is InChI=1S/C13H28O2Si/c1-11(9-8-10-14)12(2)15-16(6,7)13(3,4)5/h8-9,11-12,14H,10H2,1-7H3/b9-8+/t11-,12-/m1/s1. The van der Waals surface area contributed by atoms with Gasteiger partial charge < -0.3 is 9.53 Å². The van der Waals surface area contributed by atoms with Crippen molar-refractivity contribution in [2.45, 2.75) is 58.9 Å². The largest absolute Gasteiger partial charge is 0.414 e. The Bertz CT molecular complexity index is 229. The van der Waals surface area contributed by atoms with Crippen molar-refractivity contribution >= 4 is 8.32 Å². The molecule has 0 radical (unpaired) electrons. The summed E-state index contributed by atoms with van der Waals surface area (Å²) >= 11 is 0. The Morgan fingerprint density at radius 3 is 2.12 bits per heavy atom. The Hall–Kier alpha value is -0.123. The maximum absolute atomic E-state index is 8.74. The van der Waals surface area contributed by atoms with Gasteiger partial charge in [0, 0.05) is 6.10 Å². The minimum absolute atomic E-state index is 0.108. The van der Waals surface area contributed by atoms with Crippen LogP contribution in [0.1, 0.15) is 34.6 Å². The molecule has 0 spiro atoms. The van der Waals surface area contributed by atoms with Gasteiger partial charge in [-0.3, -0.25) is 0 Å². The summed E-state index contributed by atoms with van der Waals surface area (Å²) in [5.74, 6) is 0.348. The van der Waals surface area contributed by atoms with Crippen LogP contribution in [0, 0.1) is 5.92 Å². The first kappa shape index (κ1) is 15.9. The summed E-state index contributed by atoms with van der Waals surface area (Å²) in [5, 5.41) is 8.99. The first-order valence-electron chi connectivity index (χ1n) is 6.07. The Labute approximate surface area is 102 Å². The lowest BCUT2D eigenvalue weighted by Gasteiger charge is -2.39.